The standard InChI is InChI=1S/C15H14N2O4/c1-4-10-5-7-12(17(20)21)15-14(10)11(6-8-13(18)19)9(2)16(15)3/h1,5,7H,6,8H2,2-3H3,(H,18,19). The number of rotatable bonds is 4. The fraction of sp³-hybridized carbons (Fsp3) is 0.267. The average Bonchev–Trinajstić information content (AvgIpc) is 2.68. The van der Waals surface area contributed by atoms with Gasteiger partial charge in [-0.25, -0.2) is 0 Å². The molecular formula is C15H14N2O4. The van der Waals surface area contributed by atoms with Gasteiger partial charge in [-0.05, 0) is 25.0 Å². The Hall–Kier alpha value is -2.81. The van der Waals surface area contributed by atoms with Crippen molar-refractivity contribution in [2.45, 2.75) is 19.8 Å². The SMILES string of the molecule is C#Cc1ccc([N+](=O)[O-])c2c1c(CCC(=O)O)c(C)n2C. The maximum absolute atomic E-state index is 11.2. The molecule has 0 atom stereocenters. The van der Waals surface area contributed by atoms with Crippen LogP contribution in [-0.4, -0.2) is 20.6 Å². The lowest BCUT2D eigenvalue weighted by Crippen LogP contribution is -1.99. The number of aryl methyl sites for hydroxylation is 2. The largest absolute Gasteiger partial charge is 0.481 e. The maximum Gasteiger partial charge on any atom is 0.303 e. The second-order valence-corrected chi connectivity index (χ2v) is 4.77. The van der Waals surface area contributed by atoms with Crippen molar-refractivity contribution in [1.29, 1.82) is 0 Å². The number of nitro groups is 1. The van der Waals surface area contributed by atoms with Crippen LogP contribution in [-0.2, 0) is 18.3 Å². The summed E-state index contributed by atoms with van der Waals surface area (Å²) in [6.45, 7) is 1.81. The van der Waals surface area contributed by atoms with Gasteiger partial charge in [-0.3, -0.25) is 14.9 Å². The van der Waals surface area contributed by atoms with Crippen LogP contribution >= 0.6 is 0 Å². The molecule has 108 valence electrons. The van der Waals surface area contributed by atoms with E-state index < -0.39 is 10.9 Å². The second kappa shape index (κ2) is 5.29. The number of hydrogen-bond donors (Lipinski definition) is 1. The summed E-state index contributed by atoms with van der Waals surface area (Å²) in [6, 6.07) is 2.92. The van der Waals surface area contributed by atoms with Crippen molar-refractivity contribution in [3.8, 4) is 12.3 Å². The van der Waals surface area contributed by atoms with Gasteiger partial charge in [0.05, 0.1) is 4.92 Å². The second-order valence-electron chi connectivity index (χ2n) is 4.77. The van der Waals surface area contributed by atoms with Gasteiger partial charge < -0.3 is 9.67 Å². The van der Waals surface area contributed by atoms with E-state index in [4.69, 9.17) is 11.5 Å². The van der Waals surface area contributed by atoms with E-state index in [1.54, 1.807) is 18.5 Å². The van der Waals surface area contributed by atoms with Gasteiger partial charge in [0.25, 0.3) is 5.69 Å². The summed E-state index contributed by atoms with van der Waals surface area (Å²) in [5, 5.41) is 20.7. The minimum absolute atomic E-state index is 0.0313. The lowest BCUT2D eigenvalue weighted by molar-refractivity contribution is -0.383. The molecule has 1 aromatic heterocycles. The van der Waals surface area contributed by atoms with Gasteiger partial charge in [0.15, 0.2) is 0 Å². The van der Waals surface area contributed by atoms with Crippen molar-refractivity contribution < 1.29 is 14.8 Å². The third-order valence-corrected chi connectivity index (χ3v) is 3.67. The molecule has 0 aliphatic heterocycles. The molecule has 0 unspecified atom stereocenters. The van der Waals surface area contributed by atoms with Crippen LogP contribution < -0.4 is 0 Å². The highest BCUT2D eigenvalue weighted by Gasteiger charge is 2.23. The van der Waals surface area contributed by atoms with Crippen LogP contribution in [0.4, 0.5) is 5.69 Å². The zero-order chi connectivity index (χ0) is 15.7. The molecule has 2 aromatic rings. The predicted molar refractivity (Wildman–Crippen MR) is 78.2 cm³/mol. The van der Waals surface area contributed by atoms with E-state index in [1.807, 2.05) is 0 Å². The highest BCUT2D eigenvalue weighted by Crippen LogP contribution is 2.35. The first-order valence-electron chi connectivity index (χ1n) is 6.32. The van der Waals surface area contributed by atoms with Crippen molar-refractivity contribution >= 4 is 22.6 Å². The summed E-state index contributed by atoms with van der Waals surface area (Å²) in [4.78, 5) is 21.5. The summed E-state index contributed by atoms with van der Waals surface area (Å²) >= 11 is 0. The Bertz CT molecular complexity index is 796. The lowest BCUT2D eigenvalue weighted by atomic mass is 10.0. The molecule has 0 saturated carbocycles. The van der Waals surface area contributed by atoms with E-state index in [-0.39, 0.29) is 18.5 Å². The smallest absolute Gasteiger partial charge is 0.303 e. The van der Waals surface area contributed by atoms with Crippen molar-refractivity contribution in [2.24, 2.45) is 7.05 Å². The van der Waals surface area contributed by atoms with Crippen LogP contribution in [0.1, 0.15) is 23.2 Å². The van der Waals surface area contributed by atoms with E-state index in [0.29, 0.717) is 16.5 Å². The number of fused-ring (bicyclic) bond motifs is 1. The molecule has 0 amide bonds. The summed E-state index contributed by atoms with van der Waals surface area (Å²) in [6.07, 6.45) is 5.72. The van der Waals surface area contributed by atoms with E-state index in [2.05, 4.69) is 5.92 Å². The number of benzene rings is 1. The molecule has 21 heavy (non-hydrogen) atoms. The quantitative estimate of drug-likeness (QED) is 0.531. The van der Waals surface area contributed by atoms with Gasteiger partial charge in [0.1, 0.15) is 5.52 Å². The summed E-state index contributed by atoms with van der Waals surface area (Å²) < 4.78 is 1.70. The molecule has 6 heteroatoms. The number of nitro benzene ring substituents is 1. The number of carboxylic acid groups (broad SMARTS) is 1. The molecule has 1 aromatic carbocycles. The summed E-state index contributed by atoms with van der Waals surface area (Å²) in [7, 11) is 1.72. The molecule has 2 rings (SSSR count). The van der Waals surface area contributed by atoms with E-state index in [0.717, 1.165) is 11.3 Å². The molecular weight excluding hydrogens is 272 g/mol. The highest BCUT2D eigenvalue weighted by atomic mass is 16.6. The molecule has 0 fully saturated rings. The van der Waals surface area contributed by atoms with Crippen molar-refractivity contribution in [2.75, 3.05) is 0 Å². The number of nitrogens with zero attached hydrogens (tertiary/aromatic N) is 2. The first-order valence-corrected chi connectivity index (χ1v) is 6.32. The number of hydrogen-bond acceptors (Lipinski definition) is 3. The van der Waals surface area contributed by atoms with E-state index >= 15 is 0 Å². The molecule has 1 heterocycles. The number of aromatic nitrogens is 1. The third kappa shape index (κ3) is 2.34. The monoisotopic (exact) mass is 286 g/mol. The number of terminal acetylenes is 1. The maximum atomic E-state index is 11.2. The van der Waals surface area contributed by atoms with Gasteiger partial charge >= 0.3 is 5.97 Å². The number of carboxylic acids is 1. The Morgan fingerprint density at radius 3 is 2.71 bits per heavy atom. The van der Waals surface area contributed by atoms with Gasteiger partial charge in [-0.1, -0.05) is 5.92 Å². The normalized spacial score (nSPS) is 10.5. The fourth-order valence-corrected chi connectivity index (χ4v) is 2.58. The van der Waals surface area contributed by atoms with Crippen molar-refractivity contribution in [3.05, 3.63) is 39.1 Å². The number of aliphatic carboxylic acids is 1. The third-order valence-electron chi connectivity index (χ3n) is 3.67. The minimum Gasteiger partial charge on any atom is -0.481 e. The Morgan fingerprint density at radius 2 is 2.19 bits per heavy atom. The zero-order valence-electron chi connectivity index (χ0n) is 11.7. The van der Waals surface area contributed by atoms with Gasteiger partial charge in [-0.2, -0.15) is 0 Å². The molecule has 0 radical (unpaired) electrons. The first-order chi connectivity index (χ1) is 9.88. The molecule has 0 aliphatic rings. The van der Waals surface area contributed by atoms with Crippen LogP contribution in [0.3, 0.4) is 0 Å². The Balaban J connectivity index is 2.83. The molecule has 0 bridgehead atoms. The van der Waals surface area contributed by atoms with Crippen LogP contribution in [0, 0.1) is 29.4 Å². The Morgan fingerprint density at radius 1 is 1.52 bits per heavy atom. The molecule has 1 N–H and O–H groups in total. The first kappa shape index (κ1) is 14.6. The Kier molecular flexibility index (Phi) is 3.68. The van der Waals surface area contributed by atoms with E-state index in [1.165, 1.54) is 12.1 Å². The topological polar surface area (TPSA) is 85.4 Å². The van der Waals surface area contributed by atoms with Crippen LogP contribution in [0.25, 0.3) is 10.9 Å². The molecule has 0 saturated heterocycles. The lowest BCUT2D eigenvalue weighted by Gasteiger charge is -2.02. The molecule has 0 aliphatic carbocycles. The Labute approximate surface area is 121 Å². The van der Waals surface area contributed by atoms with Gasteiger partial charge in [-0.15, -0.1) is 6.42 Å². The van der Waals surface area contributed by atoms with Gasteiger partial charge in [0.2, 0.25) is 0 Å². The molecule has 6 nitrogen and oxygen atoms in total. The highest BCUT2D eigenvalue weighted by molar-refractivity contribution is 5.97. The zero-order valence-corrected chi connectivity index (χ0v) is 11.7. The predicted octanol–water partition coefficient (Wildman–Crippen LogP) is 2.39. The van der Waals surface area contributed by atoms with Crippen molar-refractivity contribution in [1.82, 2.24) is 4.57 Å². The summed E-state index contributed by atoms with van der Waals surface area (Å²) in [5.41, 5.74) is 2.49. The van der Waals surface area contributed by atoms with Crippen LogP contribution in [0.2, 0.25) is 0 Å². The fourth-order valence-electron chi connectivity index (χ4n) is 2.58. The average molecular weight is 286 g/mol. The summed E-state index contributed by atoms with van der Waals surface area (Å²) in [5.74, 6) is 1.60. The van der Waals surface area contributed by atoms with Gasteiger partial charge in [0, 0.05) is 36.2 Å². The van der Waals surface area contributed by atoms with E-state index in [9.17, 15) is 14.9 Å². The number of carbonyl (C=O) groups is 1. The van der Waals surface area contributed by atoms with Crippen LogP contribution in [0.5, 0.6) is 0 Å². The van der Waals surface area contributed by atoms with Crippen LogP contribution in [0.15, 0.2) is 12.1 Å². The van der Waals surface area contributed by atoms with Crippen molar-refractivity contribution in [3.63, 3.8) is 0 Å². The number of non-ortho nitro benzene ring substituents is 1. The molecule has 0 spiro atoms. The minimum atomic E-state index is -0.918.